The Bertz CT molecular complexity index is 452. The average Bonchev–Trinajstić information content (AvgIpc) is 2.52. The molecule has 0 N–H and O–H groups in total. The first-order valence-corrected chi connectivity index (χ1v) is 7.17. The second-order valence-electron chi connectivity index (χ2n) is 4.20. The smallest absolute Gasteiger partial charge is 0.128 e. The zero-order valence-corrected chi connectivity index (χ0v) is 10.6. The molecule has 2 rings (SSSR count). The molecule has 17 heavy (non-hydrogen) atoms. The molecule has 2 heterocycles. The van der Waals surface area contributed by atoms with Crippen LogP contribution in [0.25, 0.3) is 0 Å². The zero-order valence-electron chi connectivity index (χ0n) is 9.80. The van der Waals surface area contributed by atoms with Gasteiger partial charge < -0.3 is 4.90 Å². The predicted molar refractivity (Wildman–Crippen MR) is 68.3 cm³/mol. The third kappa shape index (κ3) is 2.83. The molecular formula is C12H15N3OS. The fourth-order valence-electron chi connectivity index (χ4n) is 1.94. The Hall–Kier alpha value is -1.41. The minimum atomic E-state index is -0.701. The van der Waals surface area contributed by atoms with Crippen molar-refractivity contribution in [3.05, 3.63) is 23.9 Å². The van der Waals surface area contributed by atoms with Crippen molar-refractivity contribution in [2.24, 2.45) is 0 Å². The van der Waals surface area contributed by atoms with E-state index < -0.39 is 10.8 Å². The van der Waals surface area contributed by atoms with Crippen LogP contribution < -0.4 is 4.90 Å². The Morgan fingerprint density at radius 3 is 3.00 bits per heavy atom. The minimum Gasteiger partial charge on any atom is -0.353 e. The van der Waals surface area contributed by atoms with Crippen molar-refractivity contribution in [2.75, 3.05) is 23.0 Å². The number of pyridine rings is 1. The average molecular weight is 249 g/mol. The van der Waals surface area contributed by atoms with Gasteiger partial charge in [0.15, 0.2) is 0 Å². The number of nitrogens with zero attached hydrogens (tertiary/aromatic N) is 3. The highest BCUT2D eigenvalue weighted by Gasteiger charge is 2.20. The van der Waals surface area contributed by atoms with Crippen LogP contribution in [0.15, 0.2) is 18.3 Å². The van der Waals surface area contributed by atoms with E-state index in [9.17, 15) is 4.21 Å². The molecule has 1 aromatic rings. The monoisotopic (exact) mass is 249 g/mol. The van der Waals surface area contributed by atoms with Gasteiger partial charge in [-0.1, -0.05) is 0 Å². The number of aromatic nitrogens is 1. The van der Waals surface area contributed by atoms with Crippen LogP contribution in [-0.2, 0) is 10.8 Å². The van der Waals surface area contributed by atoms with Crippen LogP contribution in [0.5, 0.6) is 0 Å². The van der Waals surface area contributed by atoms with Gasteiger partial charge in [-0.3, -0.25) is 4.21 Å². The van der Waals surface area contributed by atoms with E-state index >= 15 is 0 Å². The molecule has 90 valence electrons. The van der Waals surface area contributed by atoms with Gasteiger partial charge in [-0.15, -0.1) is 0 Å². The van der Waals surface area contributed by atoms with Gasteiger partial charge in [0.25, 0.3) is 0 Å². The molecule has 0 aliphatic carbocycles. The maximum Gasteiger partial charge on any atom is 0.128 e. The molecule has 1 aliphatic rings. The van der Waals surface area contributed by atoms with Crippen molar-refractivity contribution in [1.29, 1.82) is 5.26 Å². The van der Waals surface area contributed by atoms with Crippen molar-refractivity contribution in [3.63, 3.8) is 0 Å². The van der Waals surface area contributed by atoms with E-state index in [4.69, 9.17) is 5.26 Å². The van der Waals surface area contributed by atoms with Gasteiger partial charge in [0.1, 0.15) is 11.9 Å². The largest absolute Gasteiger partial charge is 0.353 e. The van der Waals surface area contributed by atoms with E-state index in [1.165, 1.54) is 0 Å². The molecule has 0 bridgehead atoms. The molecule has 0 spiro atoms. The van der Waals surface area contributed by atoms with Crippen LogP contribution in [0.1, 0.15) is 18.9 Å². The normalized spacial score (nSPS) is 25.1. The van der Waals surface area contributed by atoms with Crippen LogP contribution in [0.4, 0.5) is 5.82 Å². The quantitative estimate of drug-likeness (QED) is 0.753. The Kier molecular flexibility index (Phi) is 3.75. The predicted octanol–water partition coefficient (Wildman–Crippen LogP) is 1.30. The van der Waals surface area contributed by atoms with Gasteiger partial charge in [0, 0.05) is 41.1 Å². The molecule has 1 saturated heterocycles. The molecule has 0 unspecified atom stereocenters. The maximum absolute atomic E-state index is 11.5. The third-order valence-electron chi connectivity index (χ3n) is 3.03. The Morgan fingerprint density at radius 1 is 1.53 bits per heavy atom. The first-order chi connectivity index (χ1) is 8.20. The summed E-state index contributed by atoms with van der Waals surface area (Å²) >= 11 is 0. The molecule has 0 amide bonds. The number of hydrogen-bond donors (Lipinski definition) is 0. The SMILES string of the molecule is C[C@H]1CC[S@@](=O)CCN1c1ccc(C#N)cn1. The molecule has 0 aromatic carbocycles. The standard InChI is InChI=1S/C12H15N3OS/c1-10-4-6-17(16)7-5-15(10)12-3-2-11(8-13)9-14-12/h2-3,9-10H,4-7H2,1H3/t10-,17+/m0/s1. The lowest BCUT2D eigenvalue weighted by atomic mass is 10.2. The van der Waals surface area contributed by atoms with Crippen molar-refractivity contribution >= 4 is 16.6 Å². The van der Waals surface area contributed by atoms with Crippen molar-refractivity contribution < 1.29 is 4.21 Å². The summed E-state index contributed by atoms with van der Waals surface area (Å²) in [5, 5.41) is 8.73. The summed E-state index contributed by atoms with van der Waals surface area (Å²) in [6, 6.07) is 6.05. The fourth-order valence-corrected chi connectivity index (χ4v) is 3.15. The highest BCUT2D eigenvalue weighted by Crippen LogP contribution is 2.18. The van der Waals surface area contributed by atoms with Crippen LogP contribution in [0.3, 0.4) is 0 Å². The summed E-state index contributed by atoms with van der Waals surface area (Å²) in [5.41, 5.74) is 0.569. The van der Waals surface area contributed by atoms with E-state index in [2.05, 4.69) is 22.9 Å². The Morgan fingerprint density at radius 2 is 2.35 bits per heavy atom. The van der Waals surface area contributed by atoms with Gasteiger partial charge in [-0.25, -0.2) is 4.98 Å². The van der Waals surface area contributed by atoms with E-state index in [1.807, 2.05) is 6.07 Å². The van der Waals surface area contributed by atoms with Crippen LogP contribution >= 0.6 is 0 Å². The summed E-state index contributed by atoms with van der Waals surface area (Å²) < 4.78 is 11.5. The number of hydrogen-bond acceptors (Lipinski definition) is 4. The minimum absolute atomic E-state index is 0.349. The topological polar surface area (TPSA) is 57.0 Å². The van der Waals surface area contributed by atoms with Gasteiger partial charge in [-0.2, -0.15) is 5.26 Å². The molecule has 1 aliphatic heterocycles. The summed E-state index contributed by atoms with van der Waals surface area (Å²) in [6.45, 7) is 2.90. The van der Waals surface area contributed by atoms with E-state index in [0.717, 1.165) is 24.5 Å². The summed E-state index contributed by atoms with van der Waals surface area (Å²) in [5.74, 6) is 2.34. The summed E-state index contributed by atoms with van der Waals surface area (Å²) in [6.07, 6.45) is 2.51. The van der Waals surface area contributed by atoms with Crippen LogP contribution in [0, 0.1) is 11.3 Å². The highest BCUT2D eigenvalue weighted by atomic mass is 32.2. The molecule has 0 saturated carbocycles. The highest BCUT2D eigenvalue weighted by molar-refractivity contribution is 7.85. The zero-order chi connectivity index (χ0) is 12.3. The van der Waals surface area contributed by atoms with Crippen molar-refractivity contribution in [3.8, 4) is 6.07 Å². The Labute approximate surface area is 104 Å². The van der Waals surface area contributed by atoms with Crippen molar-refractivity contribution in [2.45, 2.75) is 19.4 Å². The summed E-state index contributed by atoms with van der Waals surface area (Å²) in [4.78, 5) is 6.47. The molecule has 5 heteroatoms. The lowest BCUT2D eigenvalue weighted by Crippen LogP contribution is -2.34. The van der Waals surface area contributed by atoms with Crippen LogP contribution in [0.2, 0.25) is 0 Å². The van der Waals surface area contributed by atoms with Gasteiger partial charge in [-0.05, 0) is 25.5 Å². The molecule has 0 radical (unpaired) electrons. The van der Waals surface area contributed by atoms with E-state index in [0.29, 0.717) is 17.4 Å². The molecule has 1 fully saturated rings. The van der Waals surface area contributed by atoms with Gasteiger partial charge >= 0.3 is 0 Å². The molecule has 1 aromatic heterocycles. The van der Waals surface area contributed by atoms with E-state index in [-0.39, 0.29) is 0 Å². The van der Waals surface area contributed by atoms with Crippen molar-refractivity contribution in [1.82, 2.24) is 4.98 Å². The number of nitriles is 1. The first-order valence-electron chi connectivity index (χ1n) is 5.68. The number of anilines is 1. The second kappa shape index (κ2) is 5.28. The number of rotatable bonds is 1. The second-order valence-corrected chi connectivity index (χ2v) is 5.89. The maximum atomic E-state index is 11.5. The Balaban J connectivity index is 2.19. The molecule has 4 nitrogen and oxygen atoms in total. The van der Waals surface area contributed by atoms with Gasteiger partial charge in [0.2, 0.25) is 0 Å². The lowest BCUT2D eigenvalue weighted by molar-refractivity contribution is 0.637. The van der Waals surface area contributed by atoms with Gasteiger partial charge in [0.05, 0.1) is 5.56 Å². The molecular weight excluding hydrogens is 234 g/mol. The third-order valence-corrected chi connectivity index (χ3v) is 4.36. The lowest BCUT2D eigenvalue weighted by Gasteiger charge is -2.27. The van der Waals surface area contributed by atoms with E-state index in [1.54, 1.807) is 12.3 Å². The molecule has 2 atom stereocenters. The summed E-state index contributed by atoms with van der Waals surface area (Å²) in [7, 11) is -0.701. The van der Waals surface area contributed by atoms with Crippen LogP contribution in [-0.4, -0.2) is 33.3 Å². The fraction of sp³-hybridized carbons (Fsp3) is 0.500. The first kappa shape index (κ1) is 12.1.